The summed E-state index contributed by atoms with van der Waals surface area (Å²) in [6.07, 6.45) is 0. The van der Waals surface area contributed by atoms with Gasteiger partial charge in [-0.3, -0.25) is 4.79 Å². The first-order valence-electron chi connectivity index (χ1n) is 10.4. The molecule has 0 bridgehead atoms. The fourth-order valence-corrected chi connectivity index (χ4v) is 3.71. The van der Waals surface area contributed by atoms with Crippen LogP contribution in [0, 0.1) is 20.8 Å². The van der Waals surface area contributed by atoms with E-state index in [9.17, 15) is 9.59 Å². The number of rotatable bonds is 4. The van der Waals surface area contributed by atoms with E-state index in [2.05, 4.69) is 0 Å². The monoisotopic (exact) mass is 427 g/mol. The molecule has 0 atom stereocenters. The standard InChI is InChI=1S/C27H25NO4/c1-16-6-8-19(9-7-16)25-26(24(29)23-18(3)14-17(2)15-22(23)31-25)32-27(30)20-10-12-21(13-11-20)28(4)5/h6-15H,1-5H3. The van der Waals surface area contributed by atoms with Crippen LogP contribution in [-0.4, -0.2) is 20.1 Å². The van der Waals surface area contributed by atoms with E-state index in [1.54, 1.807) is 12.1 Å². The molecule has 0 fully saturated rings. The Hall–Kier alpha value is -3.86. The molecule has 0 saturated carbocycles. The Morgan fingerprint density at radius 2 is 1.53 bits per heavy atom. The third kappa shape index (κ3) is 4.02. The van der Waals surface area contributed by atoms with Crippen molar-refractivity contribution in [1.29, 1.82) is 0 Å². The number of nitrogens with zero attached hydrogens (tertiary/aromatic N) is 1. The van der Waals surface area contributed by atoms with Gasteiger partial charge >= 0.3 is 5.97 Å². The molecular formula is C27H25NO4. The summed E-state index contributed by atoms with van der Waals surface area (Å²) in [6.45, 7) is 5.78. The van der Waals surface area contributed by atoms with Crippen molar-refractivity contribution >= 4 is 22.6 Å². The summed E-state index contributed by atoms with van der Waals surface area (Å²) in [6, 6.07) is 18.3. The Morgan fingerprint density at radius 3 is 2.16 bits per heavy atom. The second kappa shape index (κ2) is 8.35. The molecule has 5 nitrogen and oxygen atoms in total. The number of aryl methyl sites for hydroxylation is 3. The molecular weight excluding hydrogens is 402 g/mol. The van der Waals surface area contributed by atoms with Gasteiger partial charge in [-0.15, -0.1) is 0 Å². The quantitative estimate of drug-likeness (QED) is 0.393. The molecule has 1 aromatic heterocycles. The summed E-state index contributed by atoms with van der Waals surface area (Å²) >= 11 is 0. The number of carbonyl (C=O) groups is 1. The summed E-state index contributed by atoms with van der Waals surface area (Å²) in [5.41, 5.74) is 4.91. The highest BCUT2D eigenvalue weighted by Crippen LogP contribution is 2.33. The van der Waals surface area contributed by atoms with Crippen molar-refractivity contribution in [3.05, 3.63) is 93.1 Å². The van der Waals surface area contributed by atoms with E-state index >= 15 is 0 Å². The second-order valence-electron chi connectivity index (χ2n) is 8.24. The molecule has 1 heterocycles. The average Bonchev–Trinajstić information content (AvgIpc) is 2.75. The molecule has 0 N–H and O–H groups in total. The van der Waals surface area contributed by atoms with Gasteiger partial charge in [0.2, 0.25) is 11.2 Å². The molecule has 0 amide bonds. The molecule has 4 aromatic rings. The second-order valence-corrected chi connectivity index (χ2v) is 8.24. The zero-order valence-electron chi connectivity index (χ0n) is 18.9. The van der Waals surface area contributed by atoms with Crippen LogP contribution in [0.2, 0.25) is 0 Å². The van der Waals surface area contributed by atoms with E-state index in [0.29, 0.717) is 22.1 Å². The van der Waals surface area contributed by atoms with Crippen molar-refractivity contribution in [3.63, 3.8) is 0 Å². The lowest BCUT2D eigenvalue weighted by molar-refractivity contribution is 0.0731. The highest BCUT2D eigenvalue weighted by Gasteiger charge is 2.22. The summed E-state index contributed by atoms with van der Waals surface area (Å²) in [7, 11) is 3.84. The van der Waals surface area contributed by atoms with Gasteiger partial charge in [-0.05, 0) is 62.2 Å². The van der Waals surface area contributed by atoms with Gasteiger partial charge in [-0.25, -0.2) is 4.79 Å². The summed E-state index contributed by atoms with van der Waals surface area (Å²) in [4.78, 5) is 28.4. The van der Waals surface area contributed by atoms with Crippen LogP contribution in [0.3, 0.4) is 0 Å². The smallest absolute Gasteiger partial charge is 0.343 e. The van der Waals surface area contributed by atoms with Crippen LogP contribution in [0.4, 0.5) is 5.69 Å². The Morgan fingerprint density at radius 1 is 0.875 bits per heavy atom. The van der Waals surface area contributed by atoms with Crippen molar-refractivity contribution in [2.45, 2.75) is 20.8 Å². The maximum atomic E-state index is 13.5. The van der Waals surface area contributed by atoms with Gasteiger partial charge in [0.25, 0.3) is 0 Å². The van der Waals surface area contributed by atoms with Gasteiger partial charge in [0, 0.05) is 25.3 Å². The third-order valence-electron chi connectivity index (χ3n) is 5.42. The number of ether oxygens (including phenoxy) is 1. The molecule has 0 aliphatic heterocycles. The van der Waals surface area contributed by atoms with E-state index < -0.39 is 5.97 Å². The highest BCUT2D eigenvalue weighted by molar-refractivity contribution is 5.93. The van der Waals surface area contributed by atoms with Crippen molar-refractivity contribution in [2.24, 2.45) is 0 Å². The fourth-order valence-electron chi connectivity index (χ4n) is 3.71. The molecule has 0 radical (unpaired) electrons. The molecule has 3 aromatic carbocycles. The third-order valence-corrected chi connectivity index (χ3v) is 5.42. The van der Waals surface area contributed by atoms with Gasteiger partial charge in [-0.1, -0.05) is 35.9 Å². The Kier molecular flexibility index (Phi) is 5.57. The van der Waals surface area contributed by atoms with Gasteiger partial charge in [0.05, 0.1) is 10.9 Å². The van der Waals surface area contributed by atoms with E-state index in [0.717, 1.165) is 22.4 Å². The summed E-state index contributed by atoms with van der Waals surface area (Å²) in [5.74, 6) is -0.471. The molecule has 0 saturated heterocycles. The van der Waals surface area contributed by atoms with Gasteiger partial charge in [0.15, 0.2) is 5.76 Å². The lowest BCUT2D eigenvalue weighted by Gasteiger charge is -2.14. The molecule has 162 valence electrons. The van der Waals surface area contributed by atoms with Gasteiger partial charge < -0.3 is 14.1 Å². The molecule has 0 aliphatic rings. The average molecular weight is 428 g/mol. The minimum atomic E-state index is -0.611. The number of esters is 1. The fraction of sp³-hybridized carbons (Fsp3) is 0.185. The minimum absolute atomic E-state index is 0.102. The summed E-state index contributed by atoms with van der Waals surface area (Å²) < 4.78 is 11.8. The van der Waals surface area contributed by atoms with Gasteiger partial charge in [-0.2, -0.15) is 0 Å². The molecule has 0 spiro atoms. The molecule has 0 aliphatic carbocycles. The molecule has 5 heteroatoms. The SMILES string of the molecule is Cc1ccc(-c2oc3cc(C)cc(C)c3c(=O)c2OC(=O)c2ccc(N(C)C)cc2)cc1. The molecule has 0 unspecified atom stereocenters. The zero-order valence-corrected chi connectivity index (χ0v) is 18.9. The Bertz CT molecular complexity index is 1360. The number of fused-ring (bicyclic) bond motifs is 1. The lowest BCUT2D eigenvalue weighted by Crippen LogP contribution is -2.17. The molecule has 4 rings (SSSR count). The predicted octanol–water partition coefficient (Wildman–Crippen LogP) is 5.67. The van der Waals surface area contributed by atoms with Crippen LogP contribution >= 0.6 is 0 Å². The van der Waals surface area contributed by atoms with E-state index in [1.165, 1.54) is 0 Å². The molecule has 32 heavy (non-hydrogen) atoms. The van der Waals surface area contributed by atoms with Crippen LogP contribution in [0.5, 0.6) is 5.75 Å². The predicted molar refractivity (Wildman–Crippen MR) is 128 cm³/mol. The van der Waals surface area contributed by atoms with Crippen LogP contribution in [0.15, 0.2) is 69.9 Å². The maximum absolute atomic E-state index is 13.5. The zero-order chi connectivity index (χ0) is 23.0. The van der Waals surface area contributed by atoms with Gasteiger partial charge in [0.1, 0.15) is 5.58 Å². The van der Waals surface area contributed by atoms with Crippen LogP contribution in [0.25, 0.3) is 22.3 Å². The lowest BCUT2D eigenvalue weighted by atomic mass is 10.0. The van der Waals surface area contributed by atoms with E-state index in [-0.39, 0.29) is 16.9 Å². The summed E-state index contributed by atoms with van der Waals surface area (Å²) in [5, 5.41) is 0.414. The highest BCUT2D eigenvalue weighted by atomic mass is 16.5. The first-order valence-corrected chi connectivity index (χ1v) is 10.4. The Balaban J connectivity index is 1.87. The number of benzene rings is 3. The number of anilines is 1. The number of hydrogen-bond acceptors (Lipinski definition) is 5. The normalized spacial score (nSPS) is 10.9. The first kappa shape index (κ1) is 21.4. The van der Waals surface area contributed by atoms with E-state index in [4.69, 9.17) is 9.15 Å². The number of carbonyl (C=O) groups excluding carboxylic acids is 1. The maximum Gasteiger partial charge on any atom is 0.343 e. The van der Waals surface area contributed by atoms with Crippen LogP contribution < -0.4 is 15.1 Å². The van der Waals surface area contributed by atoms with E-state index in [1.807, 2.05) is 88.3 Å². The van der Waals surface area contributed by atoms with Crippen LogP contribution in [-0.2, 0) is 0 Å². The largest absolute Gasteiger partial charge is 0.452 e. The number of hydrogen-bond donors (Lipinski definition) is 0. The minimum Gasteiger partial charge on any atom is -0.452 e. The Labute approximate surface area is 186 Å². The van der Waals surface area contributed by atoms with Crippen LogP contribution in [0.1, 0.15) is 27.0 Å². The van der Waals surface area contributed by atoms with Crippen molar-refractivity contribution in [2.75, 3.05) is 19.0 Å². The van der Waals surface area contributed by atoms with Crippen molar-refractivity contribution < 1.29 is 13.9 Å². The van der Waals surface area contributed by atoms with Crippen molar-refractivity contribution in [3.8, 4) is 17.1 Å². The van der Waals surface area contributed by atoms with Crippen molar-refractivity contribution in [1.82, 2.24) is 0 Å². The first-order chi connectivity index (χ1) is 15.2. The topological polar surface area (TPSA) is 59.8 Å².